The van der Waals surface area contributed by atoms with Crippen molar-refractivity contribution in [3.63, 3.8) is 0 Å². The Balaban J connectivity index is 4.09. The molecular formula is H2O13Ti6. The summed E-state index contributed by atoms with van der Waals surface area (Å²) in [5, 5.41) is 0. The number of rotatable bonds is 10. The summed E-state index contributed by atoms with van der Waals surface area (Å²) in [6, 6.07) is 0. The predicted molar refractivity (Wildman–Crippen MR) is 14.0 cm³/mol. The van der Waals surface area contributed by atoms with E-state index in [4.69, 9.17) is 7.38 Å². The molecular weight excluding hydrogens is 495 g/mol. The van der Waals surface area contributed by atoms with E-state index in [0.29, 0.717) is 0 Å². The summed E-state index contributed by atoms with van der Waals surface area (Å²) in [5.74, 6) is 0. The average molecular weight is 497 g/mol. The number of hydrogen-bond donors (Lipinski definition) is 2. The fourth-order valence-corrected chi connectivity index (χ4v) is 11.7. The molecule has 13 nitrogen and oxygen atoms in total. The van der Waals surface area contributed by atoms with Crippen LogP contribution in [-0.4, -0.2) is 7.38 Å². The van der Waals surface area contributed by atoms with Crippen molar-refractivity contribution in [2.45, 2.75) is 0 Å². The third kappa shape index (κ3) is 14.1. The Labute approximate surface area is 146 Å². The van der Waals surface area contributed by atoms with Gasteiger partial charge in [-0.25, -0.2) is 0 Å². The predicted octanol–water partition coefficient (Wildman–Crippen LogP) is -2.18. The topological polar surface area (TPSA) is 189 Å². The van der Waals surface area contributed by atoms with Crippen LogP contribution in [0.5, 0.6) is 0 Å². The van der Waals surface area contributed by atoms with Gasteiger partial charge in [0.2, 0.25) is 0 Å². The van der Waals surface area contributed by atoms with Crippen LogP contribution in [-0.2, 0) is 141 Å². The molecule has 19 heavy (non-hydrogen) atoms. The van der Waals surface area contributed by atoms with Crippen molar-refractivity contribution in [2.75, 3.05) is 0 Å². The number of hydrogen-bond acceptors (Lipinski definition) is 11. The van der Waals surface area contributed by atoms with Crippen LogP contribution in [0.3, 0.4) is 0 Å². The molecule has 0 radical (unpaired) electrons. The van der Waals surface area contributed by atoms with Crippen molar-refractivity contribution in [1.29, 1.82) is 0 Å². The standard InChI is InChI=1S/2H2O.11O.6Ti/h2*1H2;;;;;;;;;;;;;;;;;/q;;;;;;;;;;;;;;;;;2*+1/p-2. The second-order valence-corrected chi connectivity index (χ2v) is 15.0. The maximum atomic E-state index is 11.0. The summed E-state index contributed by atoms with van der Waals surface area (Å²) in [6.45, 7) is 0. The summed E-state index contributed by atoms with van der Waals surface area (Å²) in [4.78, 5) is 0. The van der Waals surface area contributed by atoms with Crippen molar-refractivity contribution < 1.29 is 149 Å². The minimum atomic E-state index is -4.24. The van der Waals surface area contributed by atoms with Gasteiger partial charge in [-0.2, -0.15) is 0 Å². The van der Waals surface area contributed by atoms with Crippen LogP contribution >= 0.6 is 0 Å². The molecule has 0 bridgehead atoms. The zero-order chi connectivity index (χ0) is 15.0. The SMILES string of the molecule is [O]=[Ti]([OH])[O][Ti](=[O])[O][Ti](=[O])[O][Ti](=[O])[O][Ti](=[O])[O][Ti](=[O])[OH]. The second-order valence-electron chi connectivity index (χ2n) is 2.04. The monoisotopic (exact) mass is 498 g/mol. The second kappa shape index (κ2) is 12.3. The first kappa shape index (κ1) is 21.8. The van der Waals surface area contributed by atoms with Crippen molar-refractivity contribution in [2.24, 2.45) is 0 Å². The zero-order valence-corrected chi connectivity index (χ0v) is 17.8. The van der Waals surface area contributed by atoms with E-state index in [0.717, 1.165) is 0 Å². The third-order valence-corrected chi connectivity index (χ3v) is 14.3. The Morgan fingerprint density at radius 1 is 0.474 bits per heavy atom. The summed E-state index contributed by atoms with van der Waals surface area (Å²) in [5.41, 5.74) is 0. The molecule has 0 aliphatic rings. The Kier molecular flexibility index (Phi) is 14.1. The molecule has 0 saturated carbocycles. The van der Waals surface area contributed by atoms with Crippen LogP contribution in [0.1, 0.15) is 0 Å². The maximum absolute atomic E-state index is 11.0. The molecule has 0 amide bonds. The van der Waals surface area contributed by atoms with Crippen molar-refractivity contribution in [3.05, 3.63) is 0 Å². The Morgan fingerprint density at radius 3 is 0.895 bits per heavy atom. The zero-order valence-electron chi connectivity index (χ0n) is 8.39. The molecule has 0 aliphatic heterocycles. The van der Waals surface area contributed by atoms with Gasteiger partial charge in [-0.15, -0.1) is 0 Å². The van der Waals surface area contributed by atoms with Gasteiger partial charge in [0.05, 0.1) is 0 Å². The van der Waals surface area contributed by atoms with Crippen LogP contribution in [0.2, 0.25) is 0 Å². The molecule has 0 atom stereocenters. The molecule has 0 heterocycles. The van der Waals surface area contributed by atoms with Crippen LogP contribution in [0.4, 0.5) is 0 Å². The van der Waals surface area contributed by atoms with E-state index in [-0.39, 0.29) is 0 Å². The van der Waals surface area contributed by atoms with Gasteiger partial charge in [0.1, 0.15) is 0 Å². The Bertz CT molecular complexity index is 392. The van der Waals surface area contributed by atoms with E-state index in [2.05, 4.69) is 9.50 Å². The van der Waals surface area contributed by atoms with Crippen molar-refractivity contribution in [1.82, 2.24) is 0 Å². The molecule has 2 N–H and O–H groups in total. The molecule has 0 fully saturated rings. The van der Waals surface area contributed by atoms with Crippen LogP contribution in [0.15, 0.2) is 0 Å². The van der Waals surface area contributed by atoms with E-state index in [9.17, 15) is 19.9 Å². The Hall–Kier alpha value is 2.81. The molecule has 104 valence electrons. The van der Waals surface area contributed by atoms with E-state index in [1.165, 1.54) is 0 Å². The van der Waals surface area contributed by atoms with Gasteiger partial charge in [-0.05, 0) is 0 Å². The fraction of sp³-hybridized carbons (Fsp3) is 0. The molecule has 0 unspecified atom stereocenters. The Morgan fingerprint density at radius 2 is 0.684 bits per heavy atom. The molecule has 0 aromatic heterocycles. The minimum absolute atomic E-state index is 3.89. The summed E-state index contributed by atoms with van der Waals surface area (Å²) in [6.07, 6.45) is 0. The van der Waals surface area contributed by atoms with Gasteiger partial charge in [0.15, 0.2) is 0 Å². The first-order valence-electron chi connectivity index (χ1n) is 3.71. The molecule has 19 heteroatoms. The van der Waals surface area contributed by atoms with Gasteiger partial charge in [-0.3, -0.25) is 0 Å². The van der Waals surface area contributed by atoms with E-state index < -0.39 is 112 Å². The van der Waals surface area contributed by atoms with Crippen LogP contribution in [0.25, 0.3) is 0 Å². The van der Waals surface area contributed by atoms with Gasteiger partial charge >= 0.3 is 149 Å². The average Bonchev–Trinajstić information content (AvgIpc) is 2.12. The van der Waals surface area contributed by atoms with Crippen LogP contribution in [0, 0.1) is 0 Å². The molecule has 0 saturated heterocycles. The van der Waals surface area contributed by atoms with E-state index in [1.54, 1.807) is 0 Å². The summed E-state index contributed by atoms with van der Waals surface area (Å²) in [7, 11) is 0. The van der Waals surface area contributed by atoms with Crippen LogP contribution < -0.4 is 0 Å². The molecule has 0 spiro atoms. The van der Waals surface area contributed by atoms with Gasteiger partial charge in [0, 0.05) is 0 Å². The summed E-state index contributed by atoms with van der Waals surface area (Å²) < 4.78 is 100. The molecule has 0 rings (SSSR count). The fourth-order valence-electron chi connectivity index (χ4n) is 0.430. The van der Waals surface area contributed by atoms with Crippen molar-refractivity contribution >= 4 is 0 Å². The first-order valence-corrected chi connectivity index (χ1v) is 15.3. The summed E-state index contributed by atoms with van der Waals surface area (Å²) >= 11 is -25.0. The first-order chi connectivity index (χ1) is 8.70. The molecule has 0 aromatic carbocycles. The molecule has 0 aliphatic carbocycles. The van der Waals surface area contributed by atoms with Gasteiger partial charge in [0.25, 0.3) is 0 Å². The van der Waals surface area contributed by atoms with Gasteiger partial charge < -0.3 is 0 Å². The normalized spacial score (nSPS) is 9.79. The quantitative estimate of drug-likeness (QED) is 0.310. The molecule has 0 aromatic rings. The van der Waals surface area contributed by atoms with Gasteiger partial charge in [-0.1, -0.05) is 0 Å². The third-order valence-electron chi connectivity index (χ3n) is 0.841. The van der Waals surface area contributed by atoms with E-state index in [1.807, 2.05) is 0 Å². The van der Waals surface area contributed by atoms with Crippen molar-refractivity contribution in [3.8, 4) is 0 Å². The van der Waals surface area contributed by atoms with E-state index >= 15 is 0 Å².